The van der Waals surface area contributed by atoms with Crippen molar-refractivity contribution in [3.05, 3.63) is 28.8 Å². The third kappa shape index (κ3) is 5.90. The topological polar surface area (TPSA) is 123 Å². The highest BCUT2D eigenvalue weighted by atomic mass is 35.5. The molecule has 1 saturated carbocycles. The van der Waals surface area contributed by atoms with E-state index in [9.17, 15) is 9.59 Å². The van der Waals surface area contributed by atoms with E-state index in [1.165, 1.54) is 24.6 Å². The van der Waals surface area contributed by atoms with Gasteiger partial charge in [-0.25, -0.2) is 4.79 Å². The number of anilines is 1. The average Bonchev–Trinajstić information content (AvgIpc) is 2.49. The number of aliphatic imine (C=N–C) groups is 1. The van der Waals surface area contributed by atoms with Gasteiger partial charge < -0.3 is 22.1 Å². The number of nitrogens with two attached hydrogens (primary N) is 2. The van der Waals surface area contributed by atoms with Crippen LogP contribution in [0.2, 0.25) is 5.02 Å². The van der Waals surface area contributed by atoms with Crippen LogP contribution in [0.5, 0.6) is 0 Å². The van der Waals surface area contributed by atoms with Gasteiger partial charge in [0.1, 0.15) is 0 Å². The number of rotatable bonds is 3. The predicted octanol–water partition coefficient (Wildman–Crippen LogP) is 2.63. The summed E-state index contributed by atoms with van der Waals surface area (Å²) in [5.74, 6) is -0.924. The van der Waals surface area contributed by atoms with Gasteiger partial charge in [-0.2, -0.15) is 4.99 Å². The molecule has 1 aliphatic rings. The summed E-state index contributed by atoms with van der Waals surface area (Å²) in [6, 6.07) is 4.27. The first-order valence-corrected chi connectivity index (χ1v) is 7.84. The summed E-state index contributed by atoms with van der Waals surface area (Å²) in [6.07, 6.45) is 5.40. The highest BCUT2D eigenvalue weighted by Crippen LogP contribution is 2.24. The minimum Gasteiger partial charge on any atom is -0.370 e. The van der Waals surface area contributed by atoms with E-state index in [0.717, 1.165) is 25.7 Å². The Bertz CT molecular complexity index is 626. The smallest absolute Gasteiger partial charge is 0.319 e. The van der Waals surface area contributed by atoms with Crippen molar-refractivity contribution in [1.82, 2.24) is 5.32 Å². The first-order valence-electron chi connectivity index (χ1n) is 7.46. The average molecular weight is 374 g/mol. The van der Waals surface area contributed by atoms with Gasteiger partial charge in [0.2, 0.25) is 0 Å². The molecule has 0 saturated heterocycles. The summed E-state index contributed by atoms with van der Waals surface area (Å²) in [7, 11) is 0. The van der Waals surface area contributed by atoms with Crippen molar-refractivity contribution in [2.45, 2.75) is 38.1 Å². The van der Waals surface area contributed by atoms with Gasteiger partial charge in [0.05, 0.1) is 10.7 Å². The van der Waals surface area contributed by atoms with Gasteiger partial charge in [-0.3, -0.25) is 4.79 Å². The molecule has 24 heavy (non-hydrogen) atoms. The minimum absolute atomic E-state index is 0. The van der Waals surface area contributed by atoms with Crippen molar-refractivity contribution in [2.75, 3.05) is 5.32 Å². The van der Waals surface area contributed by atoms with Crippen LogP contribution >= 0.6 is 24.0 Å². The fourth-order valence-corrected chi connectivity index (χ4v) is 2.69. The van der Waals surface area contributed by atoms with Crippen LogP contribution in [-0.4, -0.2) is 23.9 Å². The zero-order valence-corrected chi connectivity index (χ0v) is 14.6. The molecule has 0 heterocycles. The molecule has 6 N–H and O–H groups in total. The Morgan fingerprint density at radius 2 is 1.83 bits per heavy atom. The van der Waals surface area contributed by atoms with E-state index in [0.29, 0.717) is 10.7 Å². The maximum absolute atomic E-state index is 12.1. The maximum atomic E-state index is 12.1. The second-order valence-corrected chi connectivity index (χ2v) is 5.88. The zero-order chi connectivity index (χ0) is 16.8. The molecule has 0 atom stereocenters. The molecule has 0 spiro atoms. The Kier molecular flexibility index (Phi) is 7.81. The Labute approximate surface area is 151 Å². The molecule has 9 heteroatoms. The number of nitrogens with zero attached hydrogens (tertiary/aromatic N) is 1. The molecule has 3 amide bonds. The highest BCUT2D eigenvalue weighted by molar-refractivity contribution is 6.33. The van der Waals surface area contributed by atoms with Gasteiger partial charge in [0.15, 0.2) is 5.96 Å². The summed E-state index contributed by atoms with van der Waals surface area (Å²) in [5.41, 5.74) is 10.9. The van der Waals surface area contributed by atoms with Gasteiger partial charge in [0.25, 0.3) is 5.91 Å². The maximum Gasteiger partial charge on any atom is 0.319 e. The molecular weight excluding hydrogens is 353 g/mol. The second-order valence-electron chi connectivity index (χ2n) is 5.47. The number of benzene rings is 1. The molecule has 1 aromatic carbocycles. The van der Waals surface area contributed by atoms with Crippen LogP contribution in [0, 0.1) is 0 Å². The normalized spacial score (nSPS) is 14.2. The Balaban J connectivity index is 0.00000288. The number of carbonyl (C=O) groups excluding carboxylic acids is 2. The van der Waals surface area contributed by atoms with Crippen molar-refractivity contribution in [3.8, 4) is 0 Å². The van der Waals surface area contributed by atoms with E-state index in [1.54, 1.807) is 0 Å². The summed E-state index contributed by atoms with van der Waals surface area (Å²) < 4.78 is 0. The Hall–Kier alpha value is -1.99. The van der Waals surface area contributed by atoms with Gasteiger partial charge >= 0.3 is 6.03 Å². The monoisotopic (exact) mass is 373 g/mol. The van der Waals surface area contributed by atoms with Crippen molar-refractivity contribution >= 4 is 47.6 Å². The molecule has 132 valence electrons. The predicted molar refractivity (Wildman–Crippen MR) is 97.9 cm³/mol. The lowest BCUT2D eigenvalue weighted by Gasteiger charge is -2.23. The number of urea groups is 1. The fraction of sp³-hybridized carbons (Fsp3) is 0.400. The number of guanidine groups is 1. The highest BCUT2D eigenvalue weighted by Gasteiger charge is 2.17. The van der Waals surface area contributed by atoms with E-state index in [1.807, 2.05) is 0 Å². The van der Waals surface area contributed by atoms with E-state index < -0.39 is 5.91 Å². The first-order chi connectivity index (χ1) is 11.0. The SMILES string of the molecule is Cl.NC(N)=NC(=O)c1ccc(Cl)c(NC(=O)NC2CCCCC2)c1. The number of nitrogens with one attached hydrogen (secondary N) is 2. The number of halogens is 2. The summed E-state index contributed by atoms with van der Waals surface area (Å²) in [4.78, 5) is 27.3. The Morgan fingerprint density at radius 3 is 2.46 bits per heavy atom. The molecule has 0 radical (unpaired) electrons. The number of hydrogen-bond donors (Lipinski definition) is 4. The third-order valence-corrected chi connectivity index (χ3v) is 3.96. The zero-order valence-electron chi connectivity index (χ0n) is 13.0. The molecule has 1 aliphatic carbocycles. The van der Waals surface area contributed by atoms with Crippen molar-refractivity contribution < 1.29 is 9.59 Å². The summed E-state index contributed by atoms with van der Waals surface area (Å²) in [6.45, 7) is 0. The molecular formula is C15H21Cl2N5O2. The number of hydrogen-bond acceptors (Lipinski definition) is 2. The van der Waals surface area contributed by atoms with Crippen LogP contribution in [0.15, 0.2) is 23.2 Å². The lowest BCUT2D eigenvalue weighted by Crippen LogP contribution is -2.39. The Morgan fingerprint density at radius 1 is 1.17 bits per heavy atom. The molecule has 0 bridgehead atoms. The van der Waals surface area contributed by atoms with Crippen LogP contribution < -0.4 is 22.1 Å². The summed E-state index contributed by atoms with van der Waals surface area (Å²) in [5, 5.41) is 5.90. The van der Waals surface area contributed by atoms with E-state index in [2.05, 4.69) is 15.6 Å². The lowest BCUT2D eigenvalue weighted by atomic mass is 9.96. The molecule has 0 aliphatic heterocycles. The van der Waals surface area contributed by atoms with Crippen LogP contribution in [-0.2, 0) is 0 Å². The second kappa shape index (κ2) is 9.34. The van der Waals surface area contributed by atoms with Crippen LogP contribution in [0.25, 0.3) is 0 Å². The van der Waals surface area contributed by atoms with E-state index >= 15 is 0 Å². The van der Waals surface area contributed by atoms with Crippen molar-refractivity contribution in [1.29, 1.82) is 0 Å². The quantitative estimate of drug-likeness (QED) is 0.480. The largest absolute Gasteiger partial charge is 0.370 e. The van der Waals surface area contributed by atoms with Crippen LogP contribution in [0.3, 0.4) is 0 Å². The minimum atomic E-state index is -0.600. The van der Waals surface area contributed by atoms with E-state index in [4.69, 9.17) is 23.1 Å². The third-order valence-electron chi connectivity index (χ3n) is 3.63. The fourth-order valence-electron chi connectivity index (χ4n) is 2.53. The lowest BCUT2D eigenvalue weighted by molar-refractivity contribution is 0.100. The molecule has 0 unspecified atom stereocenters. The standard InChI is InChI=1S/C15H20ClN5O2.ClH/c16-11-7-6-9(13(22)21-14(17)18)8-12(11)20-15(23)19-10-4-2-1-3-5-10;/h6-8,10H,1-5H2,(H2,19,20,23)(H4,17,18,21,22);1H. The van der Waals surface area contributed by atoms with Gasteiger partial charge in [0, 0.05) is 11.6 Å². The molecule has 0 aromatic heterocycles. The molecule has 7 nitrogen and oxygen atoms in total. The van der Waals surface area contributed by atoms with Crippen molar-refractivity contribution in [3.63, 3.8) is 0 Å². The van der Waals surface area contributed by atoms with Crippen LogP contribution in [0.1, 0.15) is 42.5 Å². The van der Waals surface area contributed by atoms with E-state index in [-0.39, 0.29) is 36.0 Å². The van der Waals surface area contributed by atoms with Gasteiger partial charge in [-0.1, -0.05) is 30.9 Å². The molecule has 1 fully saturated rings. The molecule has 2 rings (SSSR count). The number of amides is 3. The summed E-state index contributed by atoms with van der Waals surface area (Å²) >= 11 is 6.05. The molecule has 1 aromatic rings. The number of carbonyl (C=O) groups is 2. The van der Waals surface area contributed by atoms with Gasteiger partial charge in [-0.05, 0) is 31.0 Å². The van der Waals surface area contributed by atoms with Crippen molar-refractivity contribution in [2.24, 2.45) is 16.5 Å². The first kappa shape index (κ1) is 20.1. The van der Waals surface area contributed by atoms with Gasteiger partial charge in [-0.15, -0.1) is 12.4 Å². The van der Waals surface area contributed by atoms with Crippen LogP contribution in [0.4, 0.5) is 10.5 Å².